The Balaban J connectivity index is 2.87. The maximum absolute atomic E-state index is 11.3. The molecule has 0 aliphatic heterocycles. The van der Waals surface area contributed by atoms with Gasteiger partial charge in [-0.05, 0) is 31.2 Å². The highest BCUT2D eigenvalue weighted by Gasteiger charge is 2.03. The van der Waals surface area contributed by atoms with Crippen LogP contribution in [0.3, 0.4) is 0 Å². The summed E-state index contributed by atoms with van der Waals surface area (Å²) in [6, 6.07) is 6.70. The maximum atomic E-state index is 11.3. The summed E-state index contributed by atoms with van der Waals surface area (Å²) in [5.41, 5.74) is 5.79. The van der Waals surface area contributed by atoms with Gasteiger partial charge in [0.25, 0.3) is 5.91 Å². The van der Waals surface area contributed by atoms with Gasteiger partial charge in [-0.15, -0.1) is 0 Å². The molecule has 1 rings (SSSR count). The Morgan fingerprint density at radius 1 is 1.36 bits per heavy atom. The number of nitrogens with zero attached hydrogens (tertiary/aromatic N) is 1. The second-order valence-electron chi connectivity index (χ2n) is 2.79. The monoisotopic (exact) mass is 192 g/mol. The van der Waals surface area contributed by atoms with Crippen LogP contribution in [0.2, 0.25) is 0 Å². The van der Waals surface area contributed by atoms with Crippen molar-refractivity contribution in [2.75, 3.05) is 7.11 Å². The van der Waals surface area contributed by atoms with Gasteiger partial charge in [-0.1, -0.05) is 0 Å². The number of hydrogen-bond acceptors (Lipinski definition) is 2. The molecule has 1 amide bonds. The van der Waals surface area contributed by atoms with Crippen LogP contribution < -0.4 is 10.5 Å². The van der Waals surface area contributed by atoms with Gasteiger partial charge in [-0.2, -0.15) is 4.99 Å². The molecule has 0 radical (unpaired) electrons. The highest BCUT2D eigenvalue weighted by molar-refractivity contribution is 6.02. The standard InChI is InChI=1S/C10H12N2O2/c1-7(11)12-10(13)8-3-5-9(14-2)6-4-8/h3-6H,1-2H3,(H2,11,12,13). The predicted octanol–water partition coefficient (Wildman–Crippen LogP) is 1.21. The molecule has 0 bridgehead atoms. The molecule has 14 heavy (non-hydrogen) atoms. The molecule has 0 fully saturated rings. The van der Waals surface area contributed by atoms with Crippen LogP contribution in [0, 0.1) is 0 Å². The zero-order valence-corrected chi connectivity index (χ0v) is 8.15. The molecule has 4 nitrogen and oxygen atoms in total. The lowest BCUT2D eigenvalue weighted by atomic mass is 10.2. The third-order valence-corrected chi connectivity index (χ3v) is 1.61. The van der Waals surface area contributed by atoms with E-state index in [4.69, 9.17) is 10.5 Å². The van der Waals surface area contributed by atoms with Gasteiger partial charge in [-0.25, -0.2) is 0 Å². The van der Waals surface area contributed by atoms with E-state index in [1.165, 1.54) is 0 Å². The summed E-state index contributed by atoms with van der Waals surface area (Å²) >= 11 is 0. The number of carbonyl (C=O) groups is 1. The first-order chi connectivity index (χ1) is 6.63. The van der Waals surface area contributed by atoms with Crippen LogP contribution in [-0.2, 0) is 0 Å². The summed E-state index contributed by atoms with van der Waals surface area (Å²) in [5, 5.41) is 0. The Labute approximate surface area is 82.4 Å². The van der Waals surface area contributed by atoms with Gasteiger partial charge in [0.2, 0.25) is 0 Å². The molecule has 0 spiro atoms. The quantitative estimate of drug-likeness (QED) is 0.565. The van der Waals surface area contributed by atoms with Gasteiger partial charge in [0.05, 0.1) is 7.11 Å². The Bertz CT molecular complexity index is 351. The van der Waals surface area contributed by atoms with E-state index in [1.54, 1.807) is 38.3 Å². The van der Waals surface area contributed by atoms with E-state index in [1.807, 2.05) is 0 Å². The number of hydrogen-bond donors (Lipinski definition) is 1. The van der Waals surface area contributed by atoms with Crippen molar-refractivity contribution in [3.05, 3.63) is 29.8 Å². The van der Waals surface area contributed by atoms with Crippen molar-refractivity contribution < 1.29 is 9.53 Å². The number of amides is 1. The minimum Gasteiger partial charge on any atom is -0.497 e. The van der Waals surface area contributed by atoms with E-state index < -0.39 is 0 Å². The molecule has 0 unspecified atom stereocenters. The fourth-order valence-electron chi connectivity index (χ4n) is 0.958. The predicted molar refractivity (Wildman–Crippen MR) is 54.6 cm³/mol. The lowest BCUT2D eigenvalue weighted by Crippen LogP contribution is -2.09. The Morgan fingerprint density at radius 2 is 1.93 bits per heavy atom. The van der Waals surface area contributed by atoms with Crippen molar-refractivity contribution in [3.8, 4) is 5.75 Å². The normalized spacial score (nSPS) is 11.1. The van der Waals surface area contributed by atoms with Crippen molar-refractivity contribution in [2.24, 2.45) is 10.7 Å². The zero-order valence-electron chi connectivity index (χ0n) is 8.15. The third-order valence-electron chi connectivity index (χ3n) is 1.61. The fourth-order valence-corrected chi connectivity index (χ4v) is 0.958. The molecule has 0 aromatic heterocycles. The summed E-state index contributed by atoms with van der Waals surface area (Å²) in [6.45, 7) is 1.57. The highest BCUT2D eigenvalue weighted by Crippen LogP contribution is 2.11. The fraction of sp³-hybridized carbons (Fsp3) is 0.200. The first kappa shape index (κ1) is 10.2. The van der Waals surface area contributed by atoms with Crippen molar-refractivity contribution in [2.45, 2.75) is 6.92 Å². The molecule has 0 aliphatic rings. The zero-order chi connectivity index (χ0) is 10.6. The molecular weight excluding hydrogens is 180 g/mol. The number of aliphatic imine (C=N–C) groups is 1. The average Bonchev–Trinajstić information content (AvgIpc) is 2.17. The smallest absolute Gasteiger partial charge is 0.278 e. The summed E-state index contributed by atoms with van der Waals surface area (Å²) < 4.78 is 4.96. The van der Waals surface area contributed by atoms with E-state index in [-0.39, 0.29) is 11.7 Å². The van der Waals surface area contributed by atoms with Gasteiger partial charge in [0, 0.05) is 5.56 Å². The molecule has 0 saturated carbocycles. The third kappa shape index (κ3) is 2.58. The molecule has 0 aliphatic carbocycles. The molecule has 2 N–H and O–H groups in total. The number of rotatable bonds is 2. The molecular formula is C10H12N2O2. The van der Waals surface area contributed by atoms with Crippen molar-refractivity contribution in [1.82, 2.24) is 0 Å². The number of amidine groups is 1. The second kappa shape index (κ2) is 4.41. The van der Waals surface area contributed by atoms with E-state index >= 15 is 0 Å². The summed E-state index contributed by atoms with van der Waals surface area (Å²) in [7, 11) is 1.57. The summed E-state index contributed by atoms with van der Waals surface area (Å²) in [6.07, 6.45) is 0. The molecule has 0 saturated heterocycles. The van der Waals surface area contributed by atoms with Gasteiger partial charge in [0.15, 0.2) is 0 Å². The topological polar surface area (TPSA) is 64.7 Å². The SMILES string of the molecule is COc1ccc(C(=O)N=C(C)N)cc1. The minimum absolute atomic E-state index is 0.255. The number of benzene rings is 1. The lowest BCUT2D eigenvalue weighted by Gasteiger charge is -1.99. The number of carbonyl (C=O) groups excluding carboxylic acids is 1. The van der Waals surface area contributed by atoms with Crippen molar-refractivity contribution >= 4 is 11.7 Å². The first-order valence-corrected chi connectivity index (χ1v) is 4.12. The van der Waals surface area contributed by atoms with Crippen molar-refractivity contribution in [1.29, 1.82) is 0 Å². The Hall–Kier alpha value is -1.84. The molecule has 4 heteroatoms. The minimum atomic E-state index is -0.340. The molecule has 1 aromatic carbocycles. The second-order valence-corrected chi connectivity index (χ2v) is 2.79. The largest absolute Gasteiger partial charge is 0.497 e. The van der Waals surface area contributed by atoms with E-state index in [2.05, 4.69) is 4.99 Å². The first-order valence-electron chi connectivity index (χ1n) is 4.12. The number of methoxy groups -OCH3 is 1. The van der Waals surface area contributed by atoms with E-state index in [0.717, 1.165) is 0 Å². The maximum Gasteiger partial charge on any atom is 0.278 e. The van der Waals surface area contributed by atoms with E-state index in [0.29, 0.717) is 11.3 Å². The van der Waals surface area contributed by atoms with Crippen LogP contribution in [0.25, 0.3) is 0 Å². The van der Waals surface area contributed by atoms with Crippen LogP contribution in [0.1, 0.15) is 17.3 Å². The van der Waals surface area contributed by atoms with Crippen LogP contribution in [0.15, 0.2) is 29.3 Å². The summed E-state index contributed by atoms with van der Waals surface area (Å²) in [5.74, 6) is 0.619. The Kier molecular flexibility index (Phi) is 3.23. The van der Waals surface area contributed by atoms with Crippen LogP contribution in [-0.4, -0.2) is 18.9 Å². The van der Waals surface area contributed by atoms with Gasteiger partial charge < -0.3 is 10.5 Å². The van der Waals surface area contributed by atoms with Crippen LogP contribution in [0.5, 0.6) is 5.75 Å². The Morgan fingerprint density at radius 3 is 2.36 bits per heavy atom. The molecule has 1 aromatic rings. The summed E-state index contributed by atoms with van der Waals surface area (Å²) in [4.78, 5) is 15.0. The van der Waals surface area contributed by atoms with Gasteiger partial charge in [-0.3, -0.25) is 4.79 Å². The van der Waals surface area contributed by atoms with E-state index in [9.17, 15) is 4.79 Å². The van der Waals surface area contributed by atoms with Crippen molar-refractivity contribution in [3.63, 3.8) is 0 Å². The molecule has 0 heterocycles. The van der Waals surface area contributed by atoms with Gasteiger partial charge >= 0.3 is 0 Å². The van der Waals surface area contributed by atoms with Crippen LogP contribution in [0.4, 0.5) is 0 Å². The highest BCUT2D eigenvalue weighted by atomic mass is 16.5. The average molecular weight is 192 g/mol. The molecule has 74 valence electrons. The molecule has 0 atom stereocenters. The van der Waals surface area contributed by atoms with Crippen LogP contribution >= 0.6 is 0 Å². The number of ether oxygens (including phenoxy) is 1. The lowest BCUT2D eigenvalue weighted by molar-refractivity contribution is 0.100. The van der Waals surface area contributed by atoms with Gasteiger partial charge in [0.1, 0.15) is 11.6 Å². The number of nitrogens with two attached hydrogens (primary N) is 1.